The topological polar surface area (TPSA) is 40.1 Å². The van der Waals surface area contributed by atoms with Gasteiger partial charge in [-0.15, -0.1) is 0 Å². The zero-order chi connectivity index (χ0) is 5.86. The van der Waals surface area contributed by atoms with Crippen molar-refractivity contribution in [3.05, 3.63) is 0 Å². The minimum absolute atomic E-state index is 0. The minimum atomic E-state index is -1.85. The molecule has 0 aliphatic carbocycles. The number of hydrogen-bond acceptors (Lipinski definition) is 2. The Morgan fingerprint density at radius 2 is 2.00 bits per heavy atom. The molecule has 0 radical (unpaired) electrons. The van der Waals surface area contributed by atoms with Gasteiger partial charge in [0.05, 0.1) is 0 Å². The van der Waals surface area contributed by atoms with E-state index in [4.69, 9.17) is 0 Å². The summed E-state index contributed by atoms with van der Waals surface area (Å²) in [7, 11) is 0. The van der Waals surface area contributed by atoms with Crippen LogP contribution in [-0.2, 0) is 32.1 Å². The molecule has 50 valence electrons. The minimum Gasteiger partial charge on any atom is -0.772 e. The fraction of sp³-hybridized carbons (Fsp3) is 1.00. The quantitative estimate of drug-likeness (QED) is 0.698. The molecule has 4 heteroatoms. The summed E-state index contributed by atoms with van der Waals surface area (Å²) in [6.07, 6.45) is 0. The third-order valence-corrected chi connectivity index (χ3v) is 1.41. The summed E-state index contributed by atoms with van der Waals surface area (Å²) in [4.78, 5) is 0. The van der Waals surface area contributed by atoms with Gasteiger partial charge < -0.3 is 4.55 Å². The summed E-state index contributed by atoms with van der Waals surface area (Å²) in [5.74, 6) is 0.540. The predicted octanol–water partition coefficient (Wildman–Crippen LogP) is 0.519. The van der Waals surface area contributed by atoms with Gasteiger partial charge in [0.25, 0.3) is 0 Å². The molecule has 0 spiro atoms. The van der Waals surface area contributed by atoms with Crippen LogP contribution in [0.3, 0.4) is 0 Å². The van der Waals surface area contributed by atoms with Gasteiger partial charge in [0.15, 0.2) is 0 Å². The SMILES string of the molecule is CC(C)CS(=O)[O-].[W]. The van der Waals surface area contributed by atoms with Crippen LogP contribution in [0.5, 0.6) is 0 Å². The fourth-order valence-corrected chi connectivity index (χ4v) is 0.816. The summed E-state index contributed by atoms with van der Waals surface area (Å²) in [6, 6.07) is 0. The second kappa shape index (κ2) is 5.93. The van der Waals surface area contributed by atoms with Crippen molar-refractivity contribution in [2.45, 2.75) is 13.8 Å². The first kappa shape index (κ1) is 11.6. The van der Waals surface area contributed by atoms with Crippen LogP contribution in [-0.4, -0.2) is 14.5 Å². The maximum atomic E-state index is 9.81. The molecule has 8 heavy (non-hydrogen) atoms. The molecule has 0 amide bonds. The van der Waals surface area contributed by atoms with Crippen LogP contribution < -0.4 is 0 Å². The van der Waals surface area contributed by atoms with Gasteiger partial charge in [-0.2, -0.15) is 0 Å². The Balaban J connectivity index is 0. The molecular weight excluding hydrogens is 296 g/mol. The van der Waals surface area contributed by atoms with Crippen LogP contribution in [0.4, 0.5) is 0 Å². The van der Waals surface area contributed by atoms with Gasteiger partial charge in [-0.05, 0) is 5.92 Å². The second-order valence-corrected chi connectivity index (χ2v) is 2.81. The molecule has 0 saturated carbocycles. The van der Waals surface area contributed by atoms with E-state index in [1.54, 1.807) is 0 Å². The van der Waals surface area contributed by atoms with Crippen molar-refractivity contribution < 1.29 is 29.8 Å². The van der Waals surface area contributed by atoms with Crippen molar-refractivity contribution in [2.75, 3.05) is 5.75 Å². The van der Waals surface area contributed by atoms with E-state index in [0.717, 1.165) is 0 Å². The van der Waals surface area contributed by atoms with Crippen LogP contribution in [0.2, 0.25) is 0 Å². The summed E-state index contributed by atoms with van der Waals surface area (Å²) < 4.78 is 19.6. The van der Waals surface area contributed by atoms with Crippen LogP contribution in [0.1, 0.15) is 13.8 Å². The van der Waals surface area contributed by atoms with Gasteiger partial charge in [0.1, 0.15) is 0 Å². The summed E-state index contributed by atoms with van der Waals surface area (Å²) in [5, 5.41) is 0. The van der Waals surface area contributed by atoms with E-state index in [1.165, 1.54) is 0 Å². The Labute approximate surface area is 66.6 Å². The average Bonchev–Trinajstić information content (AvgIpc) is 1.27. The van der Waals surface area contributed by atoms with E-state index >= 15 is 0 Å². The molecule has 0 aromatic heterocycles. The molecule has 0 aromatic carbocycles. The fourth-order valence-electron chi connectivity index (χ4n) is 0.272. The first-order chi connectivity index (χ1) is 3.13. The van der Waals surface area contributed by atoms with Crippen molar-refractivity contribution in [2.24, 2.45) is 5.92 Å². The Morgan fingerprint density at radius 3 is 2.00 bits per heavy atom. The average molecular weight is 305 g/mol. The molecule has 0 N–H and O–H groups in total. The first-order valence-corrected chi connectivity index (χ1v) is 3.43. The molecule has 1 atom stereocenters. The molecule has 0 aliphatic heterocycles. The van der Waals surface area contributed by atoms with Gasteiger partial charge in [-0.25, -0.2) is 0 Å². The molecule has 0 heterocycles. The van der Waals surface area contributed by atoms with Crippen LogP contribution >= 0.6 is 0 Å². The van der Waals surface area contributed by atoms with Crippen LogP contribution in [0.15, 0.2) is 0 Å². The number of rotatable bonds is 2. The predicted molar refractivity (Wildman–Crippen MR) is 28.6 cm³/mol. The maximum absolute atomic E-state index is 9.81. The molecule has 0 rings (SSSR count). The van der Waals surface area contributed by atoms with E-state index in [9.17, 15) is 8.76 Å². The molecule has 1 unspecified atom stereocenters. The monoisotopic (exact) mass is 305 g/mol. The summed E-state index contributed by atoms with van der Waals surface area (Å²) in [6.45, 7) is 3.74. The second-order valence-electron chi connectivity index (χ2n) is 1.86. The third kappa shape index (κ3) is 9.93. The van der Waals surface area contributed by atoms with Crippen molar-refractivity contribution in [3.8, 4) is 0 Å². The Morgan fingerprint density at radius 1 is 1.62 bits per heavy atom. The van der Waals surface area contributed by atoms with Crippen molar-refractivity contribution in [1.29, 1.82) is 0 Å². The Hall–Kier alpha value is 0.798. The van der Waals surface area contributed by atoms with Gasteiger partial charge in [-0.3, -0.25) is 4.21 Å². The van der Waals surface area contributed by atoms with Crippen molar-refractivity contribution in [3.63, 3.8) is 0 Å². The standard InChI is InChI=1S/C4H10O2S.W/c1-4(2)3-7(5)6;/h4H,3H2,1-2H3,(H,5,6);/p-1. The van der Waals surface area contributed by atoms with Crippen LogP contribution in [0, 0.1) is 5.92 Å². The third-order valence-electron chi connectivity index (χ3n) is 0.469. The molecular formula is C4H9O2SW-. The summed E-state index contributed by atoms with van der Waals surface area (Å²) >= 11 is -1.85. The van der Waals surface area contributed by atoms with Crippen molar-refractivity contribution in [1.82, 2.24) is 0 Å². The largest absolute Gasteiger partial charge is 0.772 e. The molecule has 0 fully saturated rings. The molecule has 2 nitrogen and oxygen atoms in total. The van der Waals surface area contributed by atoms with E-state index < -0.39 is 11.1 Å². The smallest absolute Gasteiger partial charge is 0.0125 e. The van der Waals surface area contributed by atoms with E-state index in [-0.39, 0.29) is 32.7 Å². The van der Waals surface area contributed by atoms with E-state index in [0.29, 0.717) is 0 Å². The van der Waals surface area contributed by atoms with Gasteiger partial charge in [0, 0.05) is 26.8 Å². The van der Waals surface area contributed by atoms with Crippen molar-refractivity contribution >= 4 is 11.1 Å². The zero-order valence-corrected chi connectivity index (χ0v) is 8.67. The van der Waals surface area contributed by atoms with Gasteiger partial charge in [0.2, 0.25) is 0 Å². The normalized spacial score (nSPS) is 13.0. The van der Waals surface area contributed by atoms with Gasteiger partial charge >= 0.3 is 0 Å². The van der Waals surface area contributed by atoms with E-state index in [1.807, 2.05) is 13.8 Å². The molecule has 0 aliphatic rings. The Kier molecular flexibility index (Phi) is 8.58. The molecule has 0 saturated heterocycles. The van der Waals surface area contributed by atoms with Crippen LogP contribution in [0.25, 0.3) is 0 Å². The maximum Gasteiger partial charge on any atom is 0.0125 e. The molecule has 0 bridgehead atoms. The first-order valence-electron chi connectivity index (χ1n) is 2.18. The summed E-state index contributed by atoms with van der Waals surface area (Å²) in [5.41, 5.74) is 0. The number of hydrogen-bond donors (Lipinski definition) is 0. The Bertz CT molecular complexity index is 74.4. The molecule has 0 aromatic rings. The zero-order valence-electron chi connectivity index (χ0n) is 4.92. The van der Waals surface area contributed by atoms with E-state index in [2.05, 4.69) is 0 Å². The van der Waals surface area contributed by atoms with Gasteiger partial charge in [-0.1, -0.05) is 24.9 Å².